The lowest BCUT2D eigenvalue weighted by atomic mass is 9.87. The number of nitrogens with one attached hydrogen (secondary N) is 1. The van der Waals surface area contributed by atoms with E-state index >= 15 is 0 Å². The lowest BCUT2D eigenvalue weighted by Crippen LogP contribution is -2.50. The molecule has 2 heterocycles. The summed E-state index contributed by atoms with van der Waals surface area (Å²) in [6, 6.07) is 0. The van der Waals surface area contributed by atoms with Gasteiger partial charge in [0.05, 0.1) is 11.6 Å². The van der Waals surface area contributed by atoms with E-state index in [9.17, 15) is 4.79 Å². The van der Waals surface area contributed by atoms with Crippen molar-refractivity contribution in [1.82, 2.24) is 5.32 Å². The van der Waals surface area contributed by atoms with E-state index in [4.69, 9.17) is 9.47 Å². The number of amides is 1. The smallest absolute Gasteiger partial charge is 0.407 e. The Morgan fingerprint density at radius 3 is 3.14 bits per heavy atom. The summed E-state index contributed by atoms with van der Waals surface area (Å²) >= 11 is 0. The van der Waals surface area contributed by atoms with Gasteiger partial charge in [0.25, 0.3) is 0 Å². The van der Waals surface area contributed by atoms with Gasteiger partial charge in [-0.1, -0.05) is 13.3 Å². The Hall–Kier alpha value is -0.770. The van der Waals surface area contributed by atoms with Gasteiger partial charge in [0.15, 0.2) is 0 Å². The number of carbonyl (C=O) groups excluding carboxylic acids is 1. The second kappa shape index (κ2) is 3.77. The molecular formula is C10H17NO3. The van der Waals surface area contributed by atoms with Gasteiger partial charge < -0.3 is 14.8 Å². The molecule has 2 saturated heterocycles. The van der Waals surface area contributed by atoms with Crippen LogP contribution in [0.15, 0.2) is 0 Å². The highest BCUT2D eigenvalue weighted by Gasteiger charge is 2.43. The number of alkyl carbamates (subject to hydrolysis) is 1. The molecule has 2 rings (SSSR count). The van der Waals surface area contributed by atoms with Crippen molar-refractivity contribution < 1.29 is 14.3 Å². The van der Waals surface area contributed by atoms with Crippen molar-refractivity contribution in [2.75, 3.05) is 13.2 Å². The van der Waals surface area contributed by atoms with Gasteiger partial charge in [-0.15, -0.1) is 0 Å². The summed E-state index contributed by atoms with van der Waals surface area (Å²) in [5.41, 5.74) is -0.130. The quantitative estimate of drug-likeness (QED) is 0.732. The molecule has 2 aliphatic heterocycles. The molecule has 0 radical (unpaired) electrons. The molecular weight excluding hydrogens is 182 g/mol. The first kappa shape index (κ1) is 9.77. The van der Waals surface area contributed by atoms with E-state index in [-0.39, 0.29) is 17.7 Å². The van der Waals surface area contributed by atoms with Crippen molar-refractivity contribution in [2.45, 2.75) is 44.2 Å². The van der Waals surface area contributed by atoms with Crippen LogP contribution < -0.4 is 5.32 Å². The summed E-state index contributed by atoms with van der Waals surface area (Å²) in [7, 11) is 0. The van der Waals surface area contributed by atoms with Crippen LogP contribution in [-0.4, -0.2) is 30.9 Å². The molecule has 0 saturated carbocycles. The first-order valence-electron chi connectivity index (χ1n) is 5.31. The van der Waals surface area contributed by atoms with Crippen molar-refractivity contribution in [3.05, 3.63) is 0 Å². The third kappa shape index (κ3) is 1.85. The fraction of sp³-hybridized carbons (Fsp3) is 0.900. The topological polar surface area (TPSA) is 47.6 Å². The van der Waals surface area contributed by atoms with Gasteiger partial charge in [-0.2, -0.15) is 0 Å². The van der Waals surface area contributed by atoms with E-state index in [1.165, 1.54) is 0 Å². The molecule has 2 atom stereocenters. The Kier molecular flexibility index (Phi) is 2.63. The normalized spacial score (nSPS) is 36.9. The fourth-order valence-electron chi connectivity index (χ4n) is 2.26. The molecule has 2 fully saturated rings. The molecule has 0 aromatic carbocycles. The molecule has 4 heteroatoms. The summed E-state index contributed by atoms with van der Waals surface area (Å²) in [5, 5.41) is 2.92. The molecule has 0 aromatic rings. The third-order valence-corrected chi connectivity index (χ3v) is 3.01. The number of hydrogen-bond donors (Lipinski definition) is 1. The minimum atomic E-state index is -0.276. The lowest BCUT2D eigenvalue weighted by Gasteiger charge is -2.35. The molecule has 1 N–H and O–H groups in total. The number of cyclic esters (lactones) is 1. The maximum absolute atomic E-state index is 11.0. The van der Waals surface area contributed by atoms with E-state index in [2.05, 4.69) is 12.2 Å². The Labute approximate surface area is 84.0 Å². The summed E-state index contributed by atoms with van der Waals surface area (Å²) in [4.78, 5) is 11.0. The molecule has 1 spiro atoms. The van der Waals surface area contributed by atoms with Crippen LogP contribution in [0, 0.1) is 0 Å². The van der Waals surface area contributed by atoms with E-state index in [1.54, 1.807) is 0 Å². The molecule has 4 nitrogen and oxygen atoms in total. The van der Waals surface area contributed by atoms with Crippen molar-refractivity contribution in [1.29, 1.82) is 0 Å². The SMILES string of the molecule is CCCC1CC2(CCO1)COC(=O)N2. The van der Waals surface area contributed by atoms with E-state index in [1.807, 2.05) is 0 Å². The predicted molar refractivity (Wildman–Crippen MR) is 51.1 cm³/mol. The molecule has 80 valence electrons. The summed E-state index contributed by atoms with van der Waals surface area (Å²) in [6.45, 7) is 3.39. The number of ether oxygens (including phenoxy) is 2. The van der Waals surface area contributed by atoms with Gasteiger partial charge in [0.2, 0.25) is 0 Å². The van der Waals surface area contributed by atoms with Crippen molar-refractivity contribution >= 4 is 6.09 Å². The van der Waals surface area contributed by atoms with Crippen LogP contribution in [-0.2, 0) is 9.47 Å². The Bertz CT molecular complexity index is 229. The maximum Gasteiger partial charge on any atom is 0.407 e. The Morgan fingerprint density at radius 1 is 1.64 bits per heavy atom. The zero-order valence-electron chi connectivity index (χ0n) is 8.54. The highest BCUT2D eigenvalue weighted by molar-refractivity contribution is 5.70. The third-order valence-electron chi connectivity index (χ3n) is 3.01. The van der Waals surface area contributed by atoms with Gasteiger partial charge in [-0.3, -0.25) is 0 Å². The van der Waals surface area contributed by atoms with E-state index in [0.29, 0.717) is 6.61 Å². The highest BCUT2D eigenvalue weighted by atomic mass is 16.6. The number of carbonyl (C=O) groups is 1. The predicted octanol–water partition coefficient (Wildman–Crippen LogP) is 1.44. The van der Waals surface area contributed by atoms with Gasteiger partial charge >= 0.3 is 6.09 Å². The molecule has 0 aromatic heterocycles. The van der Waals surface area contributed by atoms with Gasteiger partial charge in [-0.25, -0.2) is 4.79 Å². The average Bonchev–Trinajstić information content (AvgIpc) is 2.48. The van der Waals surface area contributed by atoms with Gasteiger partial charge in [-0.05, 0) is 12.8 Å². The summed E-state index contributed by atoms with van der Waals surface area (Å²) in [5.74, 6) is 0. The molecule has 14 heavy (non-hydrogen) atoms. The summed E-state index contributed by atoms with van der Waals surface area (Å²) < 4.78 is 10.6. The van der Waals surface area contributed by atoms with Crippen molar-refractivity contribution in [3.63, 3.8) is 0 Å². The van der Waals surface area contributed by atoms with Crippen LogP contribution in [0.25, 0.3) is 0 Å². The minimum absolute atomic E-state index is 0.130. The Balaban J connectivity index is 1.96. The molecule has 2 aliphatic rings. The van der Waals surface area contributed by atoms with Crippen LogP contribution in [0.2, 0.25) is 0 Å². The van der Waals surface area contributed by atoms with Crippen LogP contribution in [0.3, 0.4) is 0 Å². The standard InChI is InChI=1S/C10H17NO3/c1-2-3-8-6-10(4-5-13-8)7-14-9(12)11-10/h8H,2-7H2,1H3,(H,11,12). The molecule has 0 bridgehead atoms. The first-order valence-corrected chi connectivity index (χ1v) is 5.31. The molecule has 1 amide bonds. The van der Waals surface area contributed by atoms with Crippen LogP contribution in [0.1, 0.15) is 32.6 Å². The van der Waals surface area contributed by atoms with Gasteiger partial charge in [0.1, 0.15) is 6.61 Å². The molecule has 0 aliphatic carbocycles. The Morgan fingerprint density at radius 2 is 2.50 bits per heavy atom. The second-order valence-corrected chi connectivity index (χ2v) is 4.22. The minimum Gasteiger partial charge on any atom is -0.447 e. The maximum atomic E-state index is 11.0. The molecule has 2 unspecified atom stereocenters. The number of rotatable bonds is 2. The van der Waals surface area contributed by atoms with Crippen LogP contribution >= 0.6 is 0 Å². The van der Waals surface area contributed by atoms with E-state index < -0.39 is 0 Å². The number of hydrogen-bond acceptors (Lipinski definition) is 3. The average molecular weight is 199 g/mol. The zero-order valence-corrected chi connectivity index (χ0v) is 8.54. The monoisotopic (exact) mass is 199 g/mol. The van der Waals surface area contributed by atoms with Crippen LogP contribution in [0.5, 0.6) is 0 Å². The zero-order chi connectivity index (χ0) is 10.0. The van der Waals surface area contributed by atoms with Crippen molar-refractivity contribution in [2.24, 2.45) is 0 Å². The fourth-order valence-corrected chi connectivity index (χ4v) is 2.26. The summed E-state index contributed by atoms with van der Waals surface area (Å²) in [6.07, 6.45) is 3.97. The van der Waals surface area contributed by atoms with E-state index in [0.717, 1.165) is 32.3 Å². The van der Waals surface area contributed by atoms with Gasteiger partial charge in [0, 0.05) is 13.0 Å². The first-order chi connectivity index (χ1) is 6.74. The lowest BCUT2D eigenvalue weighted by molar-refractivity contribution is -0.0300. The van der Waals surface area contributed by atoms with Crippen molar-refractivity contribution in [3.8, 4) is 0 Å². The highest BCUT2D eigenvalue weighted by Crippen LogP contribution is 2.30. The largest absolute Gasteiger partial charge is 0.447 e. The second-order valence-electron chi connectivity index (χ2n) is 4.22. The van der Waals surface area contributed by atoms with Crippen LogP contribution in [0.4, 0.5) is 4.79 Å².